The van der Waals surface area contributed by atoms with Gasteiger partial charge in [0.25, 0.3) is 0 Å². The van der Waals surface area contributed by atoms with Gasteiger partial charge in [0.2, 0.25) is 5.91 Å². The highest BCUT2D eigenvalue weighted by molar-refractivity contribution is 7.86. The minimum atomic E-state index is -1.57. The third-order valence-corrected chi connectivity index (χ3v) is 4.60. The molecule has 0 bridgehead atoms. The fourth-order valence-electron chi connectivity index (χ4n) is 1.65. The van der Waals surface area contributed by atoms with Crippen molar-refractivity contribution >= 4 is 51.3 Å². The van der Waals surface area contributed by atoms with Crippen molar-refractivity contribution in [3.63, 3.8) is 0 Å². The van der Waals surface area contributed by atoms with Crippen molar-refractivity contribution in [1.82, 2.24) is 0 Å². The number of nitrogens with two attached hydrogens (primary N) is 1. The number of halogens is 2. The molecule has 7 heteroatoms. The molecule has 2 aromatic carbocycles. The summed E-state index contributed by atoms with van der Waals surface area (Å²) in [5.74, 6) is -0.607. The van der Waals surface area contributed by atoms with Gasteiger partial charge in [-0.25, -0.2) is 0 Å². The quantitative estimate of drug-likeness (QED) is 0.837. The Morgan fingerprint density at radius 2 is 1.95 bits per heavy atom. The molecule has 0 aromatic heterocycles. The molecule has 2 rings (SSSR count). The molecule has 0 fully saturated rings. The van der Waals surface area contributed by atoms with Crippen molar-refractivity contribution in [3.8, 4) is 0 Å². The summed E-state index contributed by atoms with van der Waals surface area (Å²) in [5, 5.41) is 3.45. The first-order valence-electron chi connectivity index (χ1n) is 5.94. The first-order chi connectivity index (χ1) is 9.95. The van der Waals surface area contributed by atoms with Gasteiger partial charge in [-0.3, -0.25) is 9.00 Å². The van der Waals surface area contributed by atoms with E-state index in [0.717, 1.165) is 0 Å². The Bertz CT molecular complexity index is 707. The maximum Gasteiger partial charge on any atom is 0.237 e. The number of carbonyl (C=O) groups is 1. The molecule has 0 aliphatic heterocycles. The van der Waals surface area contributed by atoms with Gasteiger partial charge in [0, 0.05) is 16.4 Å². The molecule has 1 atom stereocenters. The molecule has 0 heterocycles. The van der Waals surface area contributed by atoms with Gasteiger partial charge in [0.15, 0.2) is 0 Å². The summed E-state index contributed by atoms with van der Waals surface area (Å²) in [6.07, 6.45) is 0. The van der Waals surface area contributed by atoms with Gasteiger partial charge < -0.3 is 11.1 Å². The van der Waals surface area contributed by atoms with Gasteiger partial charge in [0.1, 0.15) is 5.75 Å². The van der Waals surface area contributed by atoms with Crippen molar-refractivity contribution in [3.05, 3.63) is 52.5 Å². The largest absolute Gasteiger partial charge is 0.399 e. The van der Waals surface area contributed by atoms with Gasteiger partial charge >= 0.3 is 0 Å². The summed E-state index contributed by atoms with van der Waals surface area (Å²) in [7, 11) is -1.57. The van der Waals surface area contributed by atoms with Gasteiger partial charge in [-0.05, 0) is 36.4 Å². The zero-order chi connectivity index (χ0) is 15.4. The summed E-state index contributed by atoms with van der Waals surface area (Å²) in [5.41, 5.74) is 6.62. The lowest BCUT2D eigenvalue weighted by Gasteiger charge is -2.07. The number of carbonyl (C=O) groups excluding carboxylic acids is 1. The molecule has 0 spiro atoms. The number of nitrogens with one attached hydrogen (secondary N) is 1. The minimum absolute atomic E-state index is 0.213. The van der Waals surface area contributed by atoms with Crippen LogP contribution in [0.3, 0.4) is 0 Å². The summed E-state index contributed by atoms with van der Waals surface area (Å²) in [4.78, 5) is 12.2. The summed E-state index contributed by atoms with van der Waals surface area (Å²) in [6.45, 7) is 0. The summed E-state index contributed by atoms with van der Waals surface area (Å²) < 4.78 is 12.2. The number of rotatable bonds is 4. The molecular formula is C14H12Cl2N2O2S. The van der Waals surface area contributed by atoms with Crippen LogP contribution >= 0.6 is 23.2 Å². The fourth-order valence-corrected chi connectivity index (χ4v) is 3.24. The second kappa shape index (κ2) is 6.93. The smallest absolute Gasteiger partial charge is 0.237 e. The Labute approximate surface area is 134 Å². The van der Waals surface area contributed by atoms with E-state index in [1.54, 1.807) is 36.4 Å². The molecule has 4 nitrogen and oxygen atoms in total. The standard InChI is InChI=1S/C14H12Cl2N2O2S/c15-9-2-1-3-11(6-9)18-14(19)8-21(20)13-7-10(17)4-5-12(13)16/h1-7H,8,17H2,(H,18,19). The number of hydrogen-bond donors (Lipinski definition) is 2. The van der Waals surface area contributed by atoms with Crippen LogP contribution in [0.4, 0.5) is 11.4 Å². The normalized spacial score (nSPS) is 11.9. The van der Waals surface area contributed by atoms with Crippen LogP contribution in [0.15, 0.2) is 47.4 Å². The van der Waals surface area contributed by atoms with E-state index in [0.29, 0.717) is 26.3 Å². The molecular weight excluding hydrogens is 331 g/mol. The van der Waals surface area contributed by atoms with Gasteiger partial charge in [-0.15, -0.1) is 0 Å². The van der Waals surface area contributed by atoms with Crippen LogP contribution < -0.4 is 11.1 Å². The lowest BCUT2D eigenvalue weighted by molar-refractivity contribution is -0.113. The Hall–Kier alpha value is -1.56. The molecule has 2 aromatic rings. The van der Waals surface area contributed by atoms with Crippen LogP contribution in [0, 0.1) is 0 Å². The first-order valence-corrected chi connectivity index (χ1v) is 8.02. The van der Waals surface area contributed by atoms with Crippen molar-refractivity contribution in [2.45, 2.75) is 4.90 Å². The second-order valence-electron chi connectivity index (χ2n) is 4.24. The Balaban J connectivity index is 2.05. The van der Waals surface area contributed by atoms with E-state index in [4.69, 9.17) is 28.9 Å². The fraction of sp³-hybridized carbons (Fsp3) is 0.0714. The monoisotopic (exact) mass is 342 g/mol. The molecule has 1 amide bonds. The second-order valence-corrected chi connectivity index (χ2v) is 6.50. The topological polar surface area (TPSA) is 72.2 Å². The molecule has 0 radical (unpaired) electrons. The maximum atomic E-state index is 12.2. The third kappa shape index (κ3) is 4.46. The van der Waals surface area contributed by atoms with E-state index in [-0.39, 0.29) is 5.75 Å². The Morgan fingerprint density at radius 3 is 2.67 bits per heavy atom. The minimum Gasteiger partial charge on any atom is -0.399 e. The van der Waals surface area contributed by atoms with Crippen LogP contribution in [0.25, 0.3) is 0 Å². The number of amides is 1. The first kappa shape index (κ1) is 15.8. The van der Waals surface area contributed by atoms with E-state index in [1.165, 1.54) is 6.07 Å². The maximum absolute atomic E-state index is 12.2. The van der Waals surface area contributed by atoms with Crippen LogP contribution in [0.5, 0.6) is 0 Å². The Kier molecular flexibility index (Phi) is 5.22. The number of anilines is 2. The molecule has 1 unspecified atom stereocenters. The average molecular weight is 343 g/mol. The van der Waals surface area contributed by atoms with Gasteiger partial charge in [0.05, 0.1) is 20.7 Å². The van der Waals surface area contributed by atoms with Crippen molar-refractivity contribution in [2.24, 2.45) is 0 Å². The van der Waals surface area contributed by atoms with Crippen LogP contribution in [0.2, 0.25) is 10.0 Å². The highest BCUT2D eigenvalue weighted by atomic mass is 35.5. The summed E-state index contributed by atoms with van der Waals surface area (Å²) >= 11 is 11.8. The number of nitrogen functional groups attached to an aromatic ring is 1. The molecule has 0 aliphatic carbocycles. The van der Waals surface area contributed by atoms with Crippen molar-refractivity contribution in [1.29, 1.82) is 0 Å². The highest BCUT2D eigenvalue weighted by Crippen LogP contribution is 2.22. The highest BCUT2D eigenvalue weighted by Gasteiger charge is 2.14. The van der Waals surface area contributed by atoms with Crippen LogP contribution in [-0.2, 0) is 15.6 Å². The van der Waals surface area contributed by atoms with Crippen LogP contribution in [-0.4, -0.2) is 15.9 Å². The molecule has 0 aliphatic rings. The van der Waals surface area contributed by atoms with Gasteiger partial charge in [-0.1, -0.05) is 29.3 Å². The zero-order valence-electron chi connectivity index (χ0n) is 10.8. The predicted molar refractivity (Wildman–Crippen MR) is 87.2 cm³/mol. The lowest BCUT2D eigenvalue weighted by Crippen LogP contribution is -2.19. The van der Waals surface area contributed by atoms with E-state index < -0.39 is 16.7 Å². The van der Waals surface area contributed by atoms with E-state index in [2.05, 4.69) is 5.32 Å². The lowest BCUT2D eigenvalue weighted by atomic mass is 10.3. The zero-order valence-corrected chi connectivity index (χ0v) is 13.1. The van der Waals surface area contributed by atoms with Gasteiger partial charge in [-0.2, -0.15) is 0 Å². The van der Waals surface area contributed by atoms with Crippen molar-refractivity contribution < 1.29 is 9.00 Å². The van der Waals surface area contributed by atoms with E-state index >= 15 is 0 Å². The third-order valence-electron chi connectivity index (χ3n) is 2.57. The molecule has 3 N–H and O–H groups in total. The SMILES string of the molecule is Nc1ccc(Cl)c(S(=O)CC(=O)Nc2cccc(Cl)c2)c1. The molecule has 0 saturated heterocycles. The summed E-state index contributed by atoms with van der Waals surface area (Å²) in [6, 6.07) is 11.4. The molecule has 21 heavy (non-hydrogen) atoms. The number of hydrogen-bond acceptors (Lipinski definition) is 3. The van der Waals surface area contributed by atoms with Crippen molar-refractivity contribution in [2.75, 3.05) is 16.8 Å². The van der Waals surface area contributed by atoms with E-state index in [1.807, 2.05) is 0 Å². The average Bonchev–Trinajstić information content (AvgIpc) is 2.41. The number of benzene rings is 2. The molecule has 110 valence electrons. The Morgan fingerprint density at radius 1 is 1.19 bits per heavy atom. The van der Waals surface area contributed by atoms with E-state index in [9.17, 15) is 9.00 Å². The van der Waals surface area contributed by atoms with Crippen LogP contribution in [0.1, 0.15) is 0 Å². The predicted octanol–water partition coefficient (Wildman–Crippen LogP) is 3.32. The molecule has 0 saturated carbocycles.